The van der Waals surface area contributed by atoms with Crippen LogP contribution >= 0.6 is 0 Å². The van der Waals surface area contributed by atoms with E-state index in [1.165, 1.54) is 12.8 Å². The number of anilines is 1. The van der Waals surface area contributed by atoms with E-state index in [9.17, 15) is 20.1 Å². The standard InChI is InChI=1S/C29H29N3O5/c30-11-9-16-3-6-19(7-4-16)31-27(35)20-14-29(36)22-13-18-5-8-21(33)25-23(18)28(29,26(37-25)24(20)34)10-12-32(22)15-17-1-2-17/h3-8,17,22,26,33-34,36H,1-2,9-10,12-15H2,(H,31,35)/t22-,26+,28+,29-/m1/s1. The second-order valence-electron chi connectivity index (χ2n) is 11.3. The lowest BCUT2D eigenvalue weighted by Gasteiger charge is -2.62. The van der Waals surface area contributed by atoms with E-state index >= 15 is 0 Å². The second-order valence-corrected chi connectivity index (χ2v) is 11.3. The van der Waals surface area contributed by atoms with Crippen LogP contribution in [-0.4, -0.2) is 57.0 Å². The van der Waals surface area contributed by atoms with Crippen LogP contribution in [0.4, 0.5) is 5.69 Å². The molecule has 1 amide bonds. The van der Waals surface area contributed by atoms with Gasteiger partial charge in [0.15, 0.2) is 17.6 Å². The van der Waals surface area contributed by atoms with Crippen LogP contribution < -0.4 is 10.1 Å². The van der Waals surface area contributed by atoms with Crippen LogP contribution in [0, 0.1) is 17.2 Å². The molecule has 37 heavy (non-hydrogen) atoms. The van der Waals surface area contributed by atoms with E-state index < -0.39 is 23.0 Å². The first kappa shape index (κ1) is 22.6. The number of aromatic hydroxyl groups is 1. The van der Waals surface area contributed by atoms with Gasteiger partial charge in [-0.3, -0.25) is 9.69 Å². The van der Waals surface area contributed by atoms with E-state index in [0.29, 0.717) is 30.2 Å². The van der Waals surface area contributed by atoms with Crippen LogP contribution in [0.25, 0.3) is 0 Å². The van der Waals surface area contributed by atoms with E-state index in [4.69, 9.17) is 10.00 Å². The van der Waals surface area contributed by atoms with Gasteiger partial charge in [-0.1, -0.05) is 18.2 Å². The Morgan fingerprint density at radius 1 is 1.19 bits per heavy atom. The smallest absolute Gasteiger partial charge is 0.255 e. The Morgan fingerprint density at radius 3 is 2.70 bits per heavy atom. The van der Waals surface area contributed by atoms with Crippen molar-refractivity contribution in [2.24, 2.45) is 5.92 Å². The first-order chi connectivity index (χ1) is 17.9. The van der Waals surface area contributed by atoms with E-state index in [0.717, 1.165) is 29.8 Å². The average molecular weight is 500 g/mol. The fourth-order valence-corrected chi connectivity index (χ4v) is 7.37. The number of likely N-dealkylation sites (tertiary alicyclic amines) is 1. The van der Waals surface area contributed by atoms with Gasteiger partial charge in [0.1, 0.15) is 5.76 Å². The van der Waals surface area contributed by atoms with Gasteiger partial charge in [-0.25, -0.2) is 0 Å². The quantitative estimate of drug-likeness (QED) is 0.498. The SMILES string of the molecule is N#CCc1ccc(NC(=O)C2=C(O)[C@@H]3Oc4c(O)ccc5c4[C@@]34CCN(CC3CC3)[C@H](C5)[C@]4(O)C2)cc1. The third-order valence-corrected chi connectivity index (χ3v) is 9.29. The summed E-state index contributed by atoms with van der Waals surface area (Å²) in [6, 6.07) is 12.4. The van der Waals surface area contributed by atoms with E-state index in [1.54, 1.807) is 30.3 Å². The van der Waals surface area contributed by atoms with Crippen molar-refractivity contribution in [2.75, 3.05) is 18.4 Å². The van der Waals surface area contributed by atoms with Gasteiger partial charge in [-0.15, -0.1) is 0 Å². The summed E-state index contributed by atoms with van der Waals surface area (Å²) in [6.07, 6.45) is 2.90. The average Bonchev–Trinajstić information content (AvgIpc) is 3.62. The zero-order chi connectivity index (χ0) is 25.5. The number of phenols is 1. The number of aliphatic hydroxyl groups is 2. The van der Waals surface area contributed by atoms with Crippen LogP contribution in [0.2, 0.25) is 0 Å². The van der Waals surface area contributed by atoms with Crippen molar-refractivity contribution >= 4 is 11.6 Å². The van der Waals surface area contributed by atoms with E-state index in [-0.39, 0.29) is 36.0 Å². The number of nitrogens with zero attached hydrogens (tertiary/aromatic N) is 2. The molecule has 190 valence electrons. The molecule has 1 saturated heterocycles. The van der Waals surface area contributed by atoms with Crippen molar-refractivity contribution in [3.63, 3.8) is 0 Å². The molecular weight excluding hydrogens is 470 g/mol. The monoisotopic (exact) mass is 499 g/mol. The number of aliphatic hydroxyl groups excluding tert-OH is 1. The minimum absolute atomic E-state index is 0.00257. The third-order valence-electron chi connectivity index (χ3n) is 9.29. The van der Waals surface area contributed by atoms with Gasteiger partial charge < -0.3 is 25.4 Å². The van der Waals surface area contributed by atoms with Crippen molar-refractivity contribution in [1.29, 1.82) is 5.26 Å². The number of hydrogen-bond donors (Lipinski definition) is 4. The van der Waals surface area contributed by atoms with Gasteiger partial charge >= 0.3 is 0 Å². The summed E-state index contributed by atoms with van der Waals surface area (Å²) in [4.78, 5) is 15.9. The summed E-state index contributed by atoms with van der Waals surface area (Å²) < 4.78 is 6.24. The molecular formula is C29H29N3O5. The summed E-state index contributed by atoms with van der Waals surface area (Å²) in [5.41, 5.74) is 1.05. The zero-order valence-electron chi connectivity index (χ0n) is 20.4. The lowest BCUT2D eigenvalue weighted by Crippen LogP contribution is -2.75. The van der Waals surface area contributed by atoms with Crippen molar-refractivity contribution in [1.82, 2.24) is 4.90 Å². The number of rotatable bonds is 5. The number of ether oxygens (including phenoxy) is 1. The maximum Gasteiger partial charge on any atom is 0.255 e. The predicted molar refractivity (Wildman–Crippen MR) is 134 cm³/mol. The molecule has 4 atom stereocenters. The Kier molecular flexibility index (Phi) is 4.73. The first-order valence-electron chi connectivity index (χ1n) is 13.0. The van der Waals surface area contributed by atoms with Crippen molar-refractivity contribution in [3.05, 3.63) is 64.4 Å². The Labute approximate surface area is 214 Å². The molecule has 2 bridgehead atoms. The fourth-order valence-electron chi connectivity index (χ4n) is 7.37. The number of hydrogen-bond acceptors (Lipinski definition) is 7. The molecule has 2 fully saturated rings. The van der Waals surface area contributed by atoms with Gasteiger partial charge in [-0.05, 0) is 67.5 Å². The molecule has 8 nitrogen and oxygen atoms in total. The van der Waals surface area contributed by atoms with Crippen LogP contribution in [-0.2, 0) is 23.1 Å². The highest BCUT2D eigenvalue weighted by Crippen LogP contribution is 2.66. The lowest BCUT2D eigenvalue weighted by atomic mass is 9.49. The van der Waals surface area contributed by atoms with Crippen LogP contribution in [0.3, 0.4) is 0 Å². The lowest BCUT2D eigenvalue weighted by molar-refractivity contribution is -0.172. The zero-order valence-corrected chi connectivity index (χ0v) is 20.4. The maximum absolute atomic E-state index is 13.5. The molecule has 4 N–H and O–H groups in total. The van der Waals surface area contributed by atoms with Crippen molar-refractivity contribution < 1.29 is 24.9 Å². The van der Waals surface area contributed by atoms with Gasteiger partial charge in [0, 0.05) is 30.3 Å². The Balaban J connectivity index is 1.30. The minimum atomic E-state index is -1.34. The van der Waals surface area contributed by atoms with Crippen LogP contribution in [0.5, 0.6) is 11.5 Å². The topological polar surface area (TPSA) is 126 Å². The molecule has 2 aliphatic heterocycles. The molecule has 7 rings (SSSR count). The van der Waals surface area contributed by atoms with E-state index in [1.807, 2.05) is 6.07 Å². The van der Waals surface area contributed by atoms with Crippen molar-refractivity contribution in [2.45, 2.75) is 61.7 Å². The van der Waals surface area contributed by atoms with Gasteiger partial charge in [0.2, 0.25) is 0 Å². The number of piperidine rings is 1. The van der Waals surface area contributed by atoms with Gasteiger partial charge in [-0.2, -0.15) is 5.26 Å². The highest BCUT2D eigenvalue weighted by atomic mass is 16.5. The molecule has 1 spiro atoms. The van der Waals surface area contributed by atoms with Gasteiger partial charge in [0.05, 0.1) is 29.1 Å². The molecule has 0 aromatic heterocycles. The number of nitriles is 1. The summed E-state index contributed by atoms with van der Waals surface area (Å²) >= 11 is 0. The molecule has 2 heterocycles. The third kappa shape index (κ3) is 3.04. The highest BCUT2D eigenvalue weighted by Gasteiger charge is 2.73. The molecule has 3 aliphatic carbocycles. The van der Waals surface area contributed by atoms with Crippen molar-refractivity contribution in [3.8, 4) is 17.6 Å². The summed E-state index contributed by atoms with van der Waals surface area (Å²) in [5, 5.41) is 46.6. The maximum atomic E-state index is 13.5. The summed E-state index contributed by atoms with van der Waals surface area (Å²) in [5.74, 6) is 0.275. The van der Waals surface area contributed by atoms with Gasteiger partial charge in [0.25, 0.3) is 5.91 Å². The number of phenolic OH excluding ortho intramolecular Hbond substituents is 1. The normalized spacial score (nSPS) is 31.4. The molecule has 2 aromatic carbocycles. The number of carbonyl (C=O) groups is 1. The number of nitrogens with one attached hydrogen (secondary N) is 1. The Bertz CT molecular complexity index is 1390. The molecule has 0 radical (unpaired) electrons. The Morgan fingerprint density at radius 2 is 1.97 bits per heavy atom. The first-order valence-corrected chi connectivity index (χ1v) is 13.0. The van der Waals surface area contributed by atoms with Crippen LogP contribution in [0.1, 0.15) is 42.4 Å². The second kappa shape index (κ2) is 7.73. The molecule has 1 saturated carbocycles. The predicted octanol–water partition coefficient (Wildman–Crippen LogP) is 3.08. The minimum Gasteiger partial charge on any atom is -0.508 e. The number of carbonyl (C=O) groups excluding carboxylic acids is 1. The van der Waals surface area contributed by atoms with E-state index in [2.05, 4.69) is 16.3 Å². The molecule has 2 aromatic rings. The highest BCUT2D eigenvalue weighted by molar-refractivity contribution is 6.04. The Hall–Kier alpha value is -3.54. The summed E-state index contributed by atoms with van der Waals surface area (Å²) in [6.45, 7) is 1.68. The number of benzene rings is 2. The number of amides is 1. The summed E-state index contributed by atoms with van der Waals surface area (Å²) in [7, 11) is 0. The molecule has 8 heteroatoms. The molecule has 5 aliphatic rings. The fraction of sp³-hybridized carbons (Fsp3) is 0.448. The van der Waals surface area contributed by atoms with Crippen LogP contribution in [0.15, 0.2) is 47.7 Å². The largest absolute Gasteiger partial charge is 0.508 e. The molecule has 0 unspecified atom stereocenters.